The molecule has 0 radical (unpaired) electrons. The Morgan fingerprint density at radius 1 is 1.04 bits per heavy atom. The second-order valence-electron chi connectivity index (χ2n) is 6.24. The minimum Gasteiger partial charge on any atom is -0.383 e. The van der Waals surface area contributed by atoms with Crippen molar-refractivity contribution >= 4 is 5.82 Å². The Labute approximate surface area is 148 Å². The van der Waals surface area contributed by atoms with Crippen LogP contribution in [0.2, 0.25) is 0 Å². The Morgan fingerprint density at radius 2 is 1.80 bits per heavy atom. The molecule has 0 aliphatic carbocycles. The number of nitrogens with two attached hydrogens (primary N) is 1. The molecule has 0 saturated heterocycles. The molecular formula is C22H21N3. The summed E-state index contributed by atoms with van der Waals surface area (Å²) in [5.41, 5.74) is 12.6. The van der Waals surface area contributed by atoms with E-state index in [4.69, 9.17) is 5.73 Å². The van der Waals surface area contributed by atoms with Gasteiger partial charge < -0.3 is 5.73 Å². The quantitative estimate of drug-likeness (QED) is 0.722. The van der Waals surface area contributed by atoms with E-state index >= 15 is 0 Å². The number of nitrogens with zero attached hydrogens (tertiary/aromatic N) is 2. The van der Waals surface area contributed by atoms with E-state index in [1.807, 2.05) is 31.2 Å². The van der Waals surface area contributed by atoms with Crippen molar-refractivity contribution in [1.29, 1.82) is 5.26 Å². The second kappa shape index (κ2) is 7.19. The zero-order valence-corrected chi connectivity index (χ0v) is 14.6. The van der Waals surface area contributed by atoms with E-state index in [0.717, 1.165) is 40.8 Å². The van der Waals surface area contributed by atoms with Gasteiger partial charge in [0.1, 0.15) is 17.5 Å². The minimum atomic E-state index is 0.272. The van der Waals surface area contributed by atoms with Crippen LogP contribution in [-0.2, 0) is 6.42 Å². The zero-order valence-electron chi connectivity index (χ0n) is 14.6. The highest BCUT2D eigenvalue weighted by molar-refractivity contribution is 5.80. The summed E-state index contributed by atoms with van der Waals surface area (Å²) >= 11 is 0. The van der Waals surface area contributed by atoms with Gasteiger partial charge in [-0.2, -0.15) is 5.26 Å². The third-order valence-corrected chi connectivity index (χ3v) is 4.28. The van der Waals surface area contributed by atoms with Gasteiger partial charge in [-0.05, 0) is 30.5 Å². The molecule has 25 heavy (non-hydrogen) atoms. The Morgan fingerprint density at radius 3 is 2.44 bits per heavy atom. The number of aryl methyl sites for hydroxylation is 2. The molecule has 0 aliphatic heterocycles. The molecule has 1 heterocycles. The number of anilines is 1. The van der Waals surface area contributed by atoms with Crippen LogP contribution < -0.4 is 5.73 Å². The van der Waals surface area contributed by atoms with Crippen LogP contribution in [0.5, 0.6) is 0 Å². The van der Waals surface area contributed by atoms with Crippen molar-refractivity contribution < 1.29 is 0 Å². The molecule has 3 rings (SSSR count). The van der Waals surface area contributed by atoms with E-state index in [0.29, 0.717) is 5.56 Å². The number of nitrogen functional groups attached to an aromatic ring is 1. The molecule has 3 heteroatoms. The van der Waals surface area contributed by atoms with Crippen LogP contribution >= 0.6 is 0 Å². The van der Waals surface area contributed by atoms with Gasteiger partial charge in [-0.15, -0.1) is 0 Å². The molecular weight excluding hydrogens is 306 g/mol. The molecule has 0 atom stereocenters. The lowest BCUT2D eigenvalue weighted by Crippen LogP contribution is -2.00. The first-order valence-electron chi connectivity index (χ1n) is 8.49. The first-order valence-corrected chi connectivity index (χ1v) is 8.49. The van der Waals surface area contributed by atoms with Crippen molar-refractivity contribution in [2.45, 2.75) is 26.7 Å². The molecule has 0 amide bonds. The van der Waals surface area contributed by atoms with Gasteiger partial charge in [0.05, 0.1) is 5.69 Å². The Hall–Kier alpha value is -3.12. The van der Waals surface area contributed by atoms with Gasteiger partial charge in [0.2, 0.25) is 0 Å². The van der Waals surface area contributed by atoms with Gasteiger partial charge in [-0.1, -0.05) is 67.4 Å². The molecule has 3 aromatic rings. The molecule has 124 valence electrons. The van der Waals surface area contributed by atoms with Crippen molar-refractivity contribution in [3.05, 3.63) is 71.3 Å². The molecule has 2 aromatic carbocycles. The van der Waals surface area contributed by atoms with Crippen LogP contribution in [0.1, 0.15) is 30.0 Å². The number of hydrogen-bond donors (Lipinski definition) is 1. The topological polar surface area (TPSA) is 62.7 Å². The minimum absolute atomic E-state index is 0.272. The van der Waals surface area contributed by atoms with Crippen LogP contribution in [0.4, 0.5) is 5.82 Å². The fourth-order valence-electron chi connectivity index (χ4n) is 3.00. The summed E-state index contributed by atoms with van der Waals surface area (Å²) in [6, 6.07) is 20.6. The smallest absolute Gasteiger partial charge is 0.142 e. The molecule has 0 saturated carbocycles. The second-order valence-corrected chi connectivity index (χ2v) is 6.24. The number of benzene rings is 2. The fourth-order valence-corrected chi connectivity index (χ4v) is 3.00. The number of hydrogen-bond acceptors (Lipinski definition) is 3. The Balaban J connectivity index is 2.12. The van der Waals surface area contributed by atoms with E-state index in [2.05, 4.69) is 48.3 Å². The zero-order chi connectivity index (χ0) is 17.8. The maximum atomic E-state index is 9.52. The van der Waals surface area contributed by atoms with Crippen molar-refractivity contribution in [1.82, 2.24) is 4.98 Å². The van der Waals surface area contributed by atoms with E-state index in [-0.39, 0.29) is 5.82 Å². The van der Waals surface area contributed by atoms with Crippen LogP contribution in [0.25, 0.3) is 22.4 Å². The molecule has 0 unspecified atom stereocenters. The average molecular weight is 327 g/mol. The summed E-state index contributed by atoms with van der Waals surface area (Å²) in [7, 11) is 0. The summed E-state index contributed by atoms with van der Waals surface area (Å²) in [6.45, 7) is 4.21. The highest BCUT2D eigenvalue weighted by Gasteiger charge is 2.13. The number of nitriles is 1. The first-order chi connectivity index (χ1) is 12.1. The standard InChI is InChI=1S/C22H21N3/c1-3-5-16-8-10-17(11-9-16)21-13-19(20(14-23)22(24)25-21)18-7-4-6-15(2)12-18/h4,6-13H,3,5H2,1-2H3,(H2,24,25). The van der Waals surface area contributed by atoms with Gasteiger partial charge in [0.25, 0.3) is 0 Å². The van der Waals surface area contributed by atoms with E-state index < -0.39 is 0 Å². The van der Waals surface area contributed by atoms with Crippen LogP contribution in [0, 0.1) is 18.3 Å². The summed E-state index contributed by atoms with van der Waals surface area (Å²) in [4.78, 5) is 4.45. The lowest BCUT2D eigenvalue weighted by atomic mass is 9.97. The summed E-state index contributed by atoms with van der Waals surface area (Å²) in [5, 5.41) is 9.52. The van der Waals surface area contributed by atoms with Crippen molar-refractivity contribution in [3.8, 4) is 28.5 Å². The monoisotopic (exact) mass is 327 g/mol. The average Bonchev–Trinajstić information content (AvgIpc) is 2.62. The highest BCUT2D eigenvalue weighted by Crippen LogP contribution is 2.31. The molecule has 1 aromatic heterocycles. The molecule has 2 N–H and O–H groups in total. The third-order valence-electron chi connectivity index (χ3n) is 4.28. The van der Waals surface area contributed by atoms with E-state index in [1.165, 1.54) is 5.56 Å². The maximum Gasteiger partial charge on any atom is 0.142 e. The number of aromatic nitrogens is 1. The van der Waals surface area contributed by atoms with Crippen molar-refractivity contribution in [2.24, 2.45) is 0 Å². The first kappa shape index (κ1) is 16.7. The lowest BCUT2D eigenvalue weighted by Gasteiger charge is -2.11. The fraction of sp³-hybridized carbons (Fsp3) is 0.182. The molecule has 3 nitrogen and oxygen atoms in total. The van der Waals surface area contributed by atoms with Crippen molar-refractivity contribution in [2.75, 3.05) is 5.73 Å². The van der Waals surface area contributed by atoms with Crippen LogP contribution in [0.15, 0.2) is 54.6 Å². The summed E-state index contributed by atoms with van der Waals surface area (Å²) < 4.78 is 0. The van der Waals surface area contributed by atoms with Crippen LogP contribution in [0.3, 0.4) is 0 Å². The Bertz CT molecular complexity index is 934. The normalized spacial score (nSPS) is 10.4. The van der Waals surface area contributed by atoms with E-state index in [1.54, 1.807) is 0 Å². The number of pyridine rings is 1. The van der Waals surface area contributed by atoms with Gasteiger partial charge in [0.15, 0.2) is 0 Å². The molecule has 0 bridgehead atoms. The van der Waals surface area contributed by atoms with Gasteiger partial charge in [0, 0.05) is 11.1 Å². The van der Waals surface area contributed by atoms with Gasteiger partial charge >= 0.3 is 0 Å². The van der Waals surface area contributed by atoms with Crippen LogP contribution in [-0.4, -0.2) is 4.98 Å². The third kappa shape index (κ3) is 3.54. The summed E-state index contributed by atoms with van der Waals surface area (Å²) in [5.74, 6) is 0.272. The molecule has 0 fully saturated rings. The SMILES string of the molecule is CCCc1ccc(-c2cc(-c3cccc(C)c3)c(C#N)c(N)n2)cc1. The molecule has 0 spiro atoms. The number of rotatable bonds is 4. The largest absolute Gasteiger partial charge is 0.383 e. The molecule has 0 aliphatic rings. The van der Waals surface area contributed by atoms with Gasteiger partial charge in [-0.25, -0.2) is 4.98 Å². The Kier molecular flexibility index (Phi) is 4.81. The highest BCUT2D eigenvalue weighted by atomic mass is 14.8. The summed E-state index contributed by atoms with van der Waals surface area (Å²) in [6.07, 6.45) is 2.19. The van der Waals surface area contributed by atoms with Crippen molar-refractivity contribution in [3.63, 3.8) is 0 Å². The predicted octanol–water partition coefficient (Wildman–Crippen LogP) is 5.13. The predicted molar refractivity (Wildman–Crippen MR) is 103 cm³/mol. The maximum absolute atomic E-state index is 9.52. The van der Waals surface area contributed by atoms with E-state index in [9.17, 15) is 5.26 Å². The lowest BCUT2D eigenvalue weighted by molar-refractivity contribution is 0.922. The van der Waals surface area contributed by atoms with Gasteiger partial charge in [-0.3, -0.25) is 0 Å².